The van der Waals surface area contributed by atoms with Gasteiger partial charge in [0.1, 0.15) is 5.82 Å². The molecule has 1 nitrogen and oxygen atoms in total. The van der Waals surface area contributed by atoms with Crippen molar-refractivity contribution in [3.63, 3.8) is 0 Å². The Labute approximate surface area is 130 Å². The molecular weight excluding hydrogens is 317 g/mol. The third kappa shape index (κ3) is 4.85. The molecule has 0 aliphatic heterocycles. The van der Waals surface area contributed by atoms with Gasteiger partial charge in [0.15, 0.2) is 0 Å². The highest BCUT2D eigenvalue weighted by Crippen LogP contribution is 2.30. The smallest absolute Gasteiger partial charge is 0.123 e. The Kier molecular flexibility index (Phi) is 6.50. The summed E-state index contributed by atoms with van der Waals surface area (Å²) in [7, 11) is 0. The van der Waals surface area contributed by atoms with Crippen molar-refractivity contribution in [3.05, 3.63) is 34.1 Å². The van der Waals surface area contributed by atoms with Gasteiger partial charge in [-0.05, 0) is 55.5 Å². The molecule has 0 radical (unpaired) electrons. The number of rotatable bonds is 7. The molecule has 1 fully saturated rings. The Hall–Kier alpha value is -0.410. The van der Waals surface area contributed by atoms with Crippen LogP contribution in [0.1, 0.15) is 51.0 Å². The Morgan fingerprint density at radius 1 is 1.35 bits per heavy atom. The maximum absolute atomic E-state index is 13.4. The van der Waals surface area contributed by atoms with Crippen molar-refractivity contribution in [1.29, 1.82) is 0 Å². The first kappa shape index (κ1) is 16.0. The number of benzene rings is 1. The Balaban J connectivity index is 1.99. The van der Waals surface area contributed by atoms with Crippen LogP contribution in [-0.4, -0.2) is 12.6 Å². The van der Waals surface area contributed by atoms with Crippen LogP contribution in [0.2, 0.25) is 0 Å². The molecule has 2 rings (SSSR count). The molecule has 1 N–H and O–H groups in total. The molecule has 0 aromatic heterocycles. The van der Waals surface area contributed by atoms with Crippen molar-refractivity contribution in [2.45, 2.75) is 57.9 Å². The Morgan fingerprint density at radius 2 is 2.10 bits per heavy atom. The number of hydrogen-bond acceptors (Lipinski definition) is 1. The SMILES string of the molecule is CCCNC(Cc1cc(F)ccc1Br)CC1CCCC1. The van der Waals surface area contributed by atoms with Gasteiger partial charge in [0, 0.05) is 10.5 Å². The molecule has 1 aliphatic carbocycles. The second-order valence-corrected chi connectivity index (χ2v) is 6.83. The Morgan fingerprint density at radius 3 is 2.80 bits per heavy atom. The van der Waals surface area contributed by atoms with E-state index in [4.69, 9.17) is 0 Å². The first-order valence-corrected chi connectivity index (χ1v) is 8.65. The van der Waals surface area contributed by atoms with Crippen LogP contribution < -0.4 is 5.32 Å². The minimum absolute atomic E-state index is 0.140. The lowest BCUT2D eigenvalue weighted by Gasteiger charge is -2.22. The summed E-state index contributed by atoms with van der Waals surface area (Å²) in [6, 6.07) is 5.46. The molecule has 1 unspecified atom stereocenters. The van der Waals surface area contributed by atoms with Gasteiger partial charge in [0.05, 0.1) is 0 Å². The van der Waals surface area contributed by atoms with E-state index in [0.717, 1.165) is 35.3 Å². The van der Waals surface area contributed by atoms with Crippen LogP contribution in [0.3, 0.4) is 0 Å². The zero-order valence-electron chi connectivity index (χ0n) is 12.3. The fraction of sp³-hybridized carbons (Fsp3) is 0.647. The highest BCUT2D eigenvalue weighted by atomic mass is 79.9. The lowest BCUT2D eigenvalue weighted by Crippen LogP contribution is -2.33. The number of halogens is 2. The van der Waals surface area contributed by atoms with Crippen LogP contribution in [-0.2, 0) is 6.42 Å². The summed E-state index contributed by atoms with van der Waals surface area (Å²) in [5.41, 5.74) is 1.08. The van der Waals surface area contributed by atoms with Crippen LogP contribution in [0.5, 0.6) is 0 Å². The topological polar surface area (TPSA) is 12.0 Å². The monoisotopic (exact) mass is 341 g/mol. The summed E-state index contributed by atoms with van der Waals surface area (Å²) in [6.45, 7) is 3.24. The molecule has 1 aromatic carbocycles. The van der Waals surface area contributed by atoms with Crippen molar-refractivity contribution >= 4 is 15.9 Å². The lowest BCUT2D eigenvalue weighted by molar-refractivity contribution is 0.384. The van der Waals surface area contributed by atoms with Gasteiger partial charge < -0.3 is 5.32 Å². The van der Waals surface area contributed by atoms with E-state index in [1.54, 1.807) is 6.07 Å². The average molecular weight is 342 g/mol. The molecule has 1 aromatic rings. The fourth-order valence-corrected chi connectivity index (χ4v) is 3.61. The molecule has 1 aliphatic rings. The Bertz CT molecular complexity index is 415. The molecule has 0 bridgehead atoms. The van der Waals surface area contributed by atoms with Crippen LogP contribution in [0.25, 0.3) is 0 Å². The van der Waals surface area contributed by atoms with E-state index in [2.05, 4.69) is 28.2 Å². The zero-order chi connectivity index (χ0) is 14.4. The minimum Gasteiger partial charge on any atom is -0.314 e. The van der Waals surface area contributed by atoms with Crippen LogP contribution in [0.15, 0.2) is 22.7 Å². The number of hydrogen-bond donors (Lipinski definition) is 1. The standard InChI is InChI=1S/C17H25BrFN/c1-2-9-20-16(10-13-5-3-4-6-13)12-14-11-15(19)7-8-17(14)18/h7-8,11,13,16,20H,2-6,9-10,12H2,1H3. The van der Waals surface area contributed by atoms with Gasteiger partial charge in [-0.2, -0.15) is 0 Å². The molecule has 0 saturated heterocycles. The van der Waals surface area contributed by atoms with Crippen molar-refractivity contribution < 1.29 is 4.39 Å². The summed E-state index contributed by atoms with van der Waals surface area (Å²) in [5, 5.41) is 3.65. The van der Waals surface area contributed by atoms with Gasteiger partial charge >= 0.3 is 0 Å². The van der Waals surface area contributed by atoms with Gasteiger partial charge in [0.2, 0.25) is 0 Å². The summed E-state index contributed by atoms with van der Waals surface area (Å²) in [5.74, 6) is 0.718. The van der Waals surface area contributed by atoms with Gasteiger partial charge in [-0.25, -0.2) is 4.39 Å². The highest BCUT2D eigenvalue weighted by Gasteiger charge is 2.20. The maximum Gasteiger partial charge on any atom is 0.123 e. The minimum atomic E-state index is -0.140. The van der Waals surface area contributed by atoms with Gasteiger partial charge in [-0.15, -0.1) is 0 Å². The second-order valence-electron chi connectivity index (χ2n) is 5.98. The summed E-state index contributed by atoms with van der Waals surface area (Å²) >= 11 is 3.55. The van der Waals surface area contributed by atoms with E-state index in [0.29, 0.717) is 6.04 Å². The van der Waals surface area contributed by atoms with Gasteiger partial charge in [-0.3, -0.25) is 0 Å². The van der Waals surface area contributed by atoms with Crippen LogP contribution in [0.4, 0.5) is 4.39 Å². The summed E-state index contributed by atoms with van der Waals surface area (Å²) in [6.07, 6.45) is 8.79. The molecule has 0 heterocycles. The first-order chi connectivity index (χ1) is 9.69. The molecule has 20 heavy (non-hydrogen) atoms. The van der Waals surface area contributed by atoms with Gasteiger partial charge in [0.25, 0.3) is 0 Å². The van der Waals surface area contributed by atoms with Crippen molar-refractivity contribution in [2.24, 2.45) is 5.92 Å². The van der Waals surface area contributed by atoms with E-state index in [9.17, 15) is 4.39 Å². The maximum atomic E-state index is 13.4. The van der Waals surface area contributed by atoms with Crippen molar-refractivity contribution in [2.75, 3.05) is 6.54 Å². The van der Waals surface area contributed by atoms with E-state index in [-0.39, 0.29) is 5.82 Å². The molecule has 112 valence electrons. The first-order valence-electron chi connectivity index (χ1n) is 7.86. The largest absolute Gasteiger partial charge is 0.314 e. The lowest BCUT2D eigenvalue weighted by atomic mass is 9.94. The summed E-state index contributed by atoms with van der Waals surface area (Å²) < 4.78 is 14.4. The zero-order valence-corrected chi connectivity index (χ0v) is 13.9. The van der Waals surface area contributed by atoms with E-state index in [1.165, 1.54) is 38.2 Å². The quantitative estimate of drug-likeness (QED) is 0.729. The van der Waals surface area contributed by atoms with E-state index < -0.39 is 0 Å². The molecular formula is C17H25BrFN. The number of nitrogens with one attached hydrogen (secondary N) is 1. The molecule has 1 atom stereocenters. The average Bonchev–Trinajstić information content (AvgIpc) is 2.93. The van der Waals surface area contributed by atoms with E-state index >= 15 is 0 Å². The molecule has 0 spiro atoms. The fourth-order valence-electron chi connectivity index (χ4n) is 3.20. The van der Waals surface area contributed by atoms with Crippen molar-refractivity contribution in [3.8, 4) is 0 Å². The van der Waals surface area contributed by atoms with Crippen molar-refractivity contribution in [1.82, 2.24) is 5.32 Å². The third-order valence-electron chi connectivity index (χ3n) is 4.25. The van der Waals surface area contributed by atoms with Crippen LogP contribution in [0, 0.1) is 11.7 Å². The third-order valence-corrected chi connectivity index (χ3v) is 5.02. The summed E-state index contributed by atoms with van der Waals surface area (Å²) in [4.78, 5) is 0. The molecule has 0 amide bonds. The predicted molar refractivity (Wildman–Crippen MR) is 86.5 cm³/mol. The van der Waals surface area contributed by atoms with Crippen LogP contribution >= 0.6 is 15.9 Å². The highest BCUT2D eigenvalue weighted by molar-refractivity contribution is 9.10. The second kappa shape index (κ2) is 8.14. The normalized spacial score (nSPS) is 17.6. The molecule has 3 heteroatoms. The van der Waals surface area contributed by atoms with E-state index in [1.807, 2.05) is 6.07 Å². The molecule has 1 saturated carbocycles. The predicted octanol–water partition coefficient (Wildman–Crippen LogP) is 5.08. The van der Waals surface area contributed by atoms with Gasteiger partial charge in [-0.1, -0.05) is 48.5 Å².